The normalized spacial score (nSPS) is 10.0. The fraction of sp³-hybridized carbons (Fsp3) is 0.778. The maximum absolute atomic E-state index is 5.37. The molecule has 0 rings (SSSR count). The Balaban J connectivity index is 3.10. The molecule has 11 heavy (non-hydrogen) atoms. The summed E-state index contributed by atoms with van der Waals surface area (Å²) in [5, 5.41) is 0. The van der Waals surface area contributed by atoms with Gasteiger partial charge in [0.2, 0.25) is 0 Å². The number of terminal acetylenes is 1. The fourth-order valence-corrected chi connectivity index (χ4v) is 0.924. The van der Waals surface area contributed by atoms with Crippen molar-refractivity contribution in [3.05, 3.63) is 0 Å². The third-order valence-corrected chi connectivity index (χ3v) is 1.60. The molecule has 0 aromatic rings. The second-order valence-corrected chi connectivity index (χ2v) is 2.75. The summed E-state index contributed by atoms with van der Waals surface area (Å²) >= 11 is 0. The highest BCUT2D eigenvalue weighted by atomic mass is 15.1. The van der Waals surface area contributed by atoms with Gasteiger partial charge in [-0.1, -0.05) is 0 Å². The Morgan fingerprint density at radius 2 is 2.00 bits per heavy atom. The van der Waals surface area contributed by atoms with Gasteiger partial charge in [0.25, 0.3) is 0 Å². The highest BCUT2D eigenvalue weighted by Gasteiger charge is 1.94. The summed E-state index contributed by atoms with van der Waals surface area (Å²) in [6.45, 7) is 2.95. The van der Waals surface area contributed by atoms with Crippen LogP contribution in [0, 0.1) is 12.3 Å². The van der Waals surface area contributed by atoms with E-state index in [1.807, 2.05) is 0 Å². The van der Waals surface area contributed by atoms with Crippen LogP contribution in [0.1, 0.15) is 19.3 Å². The molecule has 0 saturated carbocycles. The number of nitrogens with zero attached hydrogens (tertiary/aromatic N) is 1. The van der Waals surface area contributed by atoms with Crippen LogP contribution in [0.4, 0.5) is 0 Å². The summed E-state index contributed by atoms with van der Waals surface area (Å²) in [5.74, 6) is 2.63. The van der Waals surface area contributed by atoms with E-state index in [0.717, 1.165) is 38.9 Å². The minimum Gasteiger partial charge on any atom is -0.330 e. The van der Waals surface area contributed by atoms with Gasteiger partial charge in [-0.2, -0.15) is 0 Å². The van der Waals surface area contributed by atoms with Crippen LogP contribution in [0.15, 0.2) is 0 Å². The number of rotatable bonds is 6. The number of nitrogens with two attached hydrogens (primary N) is 1. The molecular weight excluding hydrogens is 136 g/mol. The van der Waals surface area contributed by atoms with E-state index < -0.39 is 0 Å². The first-order valence-electron chi connectivity index (χ1n) is 4.13. The Hall–Kier alpha value is -0.520. The molecule has 0 fully saturated rings. The van der Waals surface area contributed by atoms with E-state index in [1.165, 1.54) is 0 Å². The fourth-order valence-electron chi connectivity index (χ4n) is 0.924. The van der Waals surface area contributed by atoms with E-state index in [-0.39, 0.29) is 0 Å². The van der Waals surface area contributed by atoms with Gasteiger partial charge in [-0.05, 0) is 39.5 Å². The predicted molar refractivity (Wildman–Crippen MR) is 49.2 cm³/mol. The number of hydrogen-bond donors (Lipinski definition) is 1. The molecule has 2 N–H and O–H groups in total. The van der Waals surface area contributed by atoms with Crippen LogP contribution >= 0.6 is 0 Å². The zero-order valence-electron chi connectivity index (χ0n) is 7.34. The molecular formula is C9H18N2. The van der Waals surface area contributed by atoms with Gasteiger partial charge in [-0.3, -0.25) is 0 Å². The monoisotopic (exact) mass is 154 g/mol. The average Bonchev–Trinajstić information content (AvgIpc) is 2.01. The first-order chi connectivity index (χ1) is 5.31. The van der Waals surface area contributed by atoms with E-state index >= 15 is 0 Å². The summed E-state index contributed by atoms with van der Waals surface area (Å²) in [4.78, 5) is 2.27. The topological polar surface area (TPSA) is 29.3 Å². The van der Waals surface area contributed by atoms with E-state index in [2.05, 4.69) is 17.9 Å². The highest BCUT2D eigenvalue weighted by molar-refractivity contribution is 4.83. The van der Waals surface area contributed by atoms with Crippen molar-refractivity contribution in [3.63, 3.8) is 0 Å². The van der Waals surface area contributed by atoms with Crippen molar-refractivity contribution in [2.75, 3.05) is 26.7 Å². The van der Waals surface area contributed by atoms with E-state index in [0.29, 0.717) is 0 Å². The predicted octanol–water partition coefficient (Wildman–Crippen LogP) is 0.680. The van der Waals surface area contributed by atoms with Crippen molar-refractivity contribution >= 4 is 0 Å². The van der Waals surface area contributed by atoms with Crippen LogP contribution < -0.4 is 5.73 Å². The van der Waals surface area contributed by atoms with Crippen molar-refractivity contribution in [2.45, 2.75) is 19.3 Å². The van der Waals surface area contributed by atoms with Gasteiger partial charge in [-0.25, -0.2) is 0 Å². The number of unbranched alkanes of at least 4 members (excludes halogenated alkanes) is 1. The summed E-state index contributed by atoms with van der Waals surface area (Å²) in [5.41, 5.74) is 5.37. The van der Waals surface area contributed by atoms with E-state index in [9.17, 15) is 0 Å². The van der Waals surface area contributed by atoms with Crippen molar-refractivity contribution < 1.29 is 0 Å². The summed E-state index contributed by atoms with van der Waals surface area (Å²) < 4.78 is 0. The van der Waals surface area contributed by atoms with Crippen LogP contribution in [0.2, 0.25) is 0 Å². The maximum atomic E-state index is 5.37. The summed E-state index contributed by atoms with van der Waals surface area (Å²) in [6, 6.07) is 0. The van der Waals surface area contributed by atoms with Gasteiger partial charge in [0, 0.05) is 6.42 Å². The van der Waals surface area contributed by atoms with Gasteiger partial charge in [0.15, 0.2) is 0 Å². The Labute approximate surface area is 69.8 Å². The lowest BCUT2D eigenvalue weighted by atomic mass is 10.3. The smallest absolute Gasteiger partial charge is 0.00982 e. The first kappa shape index (κ1) is 10.5. The van der Waals surface area contributed by atoms with Gasteiger partial charge in [0.1, 0.15) is 0 Å². The minimum atomic E-state index is 0.777. The molecule has 0 spiro atoms. The third-order valence-electron chi connectivity index (χ3n) is 1.60. The molecule has 2 heteroatoms. The second kappa shape index (κ2) is 7.59. The highest BCUT2D eigenvalue weighted by Crippen LogP contribution is 1.91. The Morgan fingerprint density at radius 1 is 1.36 bits per heavy atom. The van der Waals surface area contributed by atoms with Crippen molar-refractivity contribution in [1.29, 1.82) is 0 Å². The molecule has 0 bridgehead atoms. The molecule has 0 aromatic carbocycles. The average molecular weight is 154 g/mol. The van der Waals surface area contributed by atoms with Crippen LogP contribution in [-0.4, -0.2) is 31.6 Å². The van der Waals surface area contributed by atoms with Gasteiger partial charge in [-0.15, -0.1) is 12.3 Å². The van der Waals surface area contributed by atoms with Gasteiger partial charge in [0.05, 0.1) is 0 Å². The van der Waals surface area contributed by atoms with Gasteiger partial charge >= 0.3 is 0 Å². The Kier molecular flexibility index (Phi) is 7.23. The molecule has 0 atom stereocenters. The van der Waals surface area contributed by atoms with Crippen molar-refractivity contribution in [2.24, 2.45) is 5.73 Å². The molecule has 0 aromatic heterocycles. The molecule has 0 saturated heterocycles. The van der Waals surface area contributed by atoms with Crippen LogP contribution in [-0.2, 0) is 0 Å². The third kappa shape index (κ3) is 7.38. The van der Waals surface area contributed by atoms with Crippen LogP contribution in [0.3, 0.4) is 0 Å². The summed E-state index contributed by atoms with van der Waals surface area (Å²) in [6.07, 6.45) is 8.18. The molecule has 0 heterocycles. The molecule has 64 valence electrons. The Bertz CT molecular complexity index is 115. The van der Waals surface area contributed by atoms with Crippen molar-refractivity contribution in [1.82, 2.24) is 4.90 Å². The minimum absolute atomic E-state index is 0.777. The lowest BCUT2D eigenvalue weighted by molar-refractivity contribution is 0.328. The zero-order valence-corrected chi connectivity index (χ0v) is 7.34. The van der Waals surface area contributed by atoms with Crippen LogP contribution in [0.5, 0.6) is 0 Å². The molecule has 0 amide bonds. The SMILES string of the molecule is C#CCCCN(C)CCCN. The molecule has 0 radical (unpaired) electrons. The lowest BCUT2D eigenvalue weighted by Crippen LogP contribution is -2.22. The van der Waals surface area contributed by atoms with E-state index in [1.54, 1.807) is 0 Å². The largest absolute Gasteiger partial charge is 0.330 e. The molecule has 0 aliphatic heterocycles. The van der Waals surface area contributed by atoms with Gasteiger partial charge < -0.3 is 10.6 Å². The van der Waals surface area contributed by atoms with Crippen molar-refractivity contribution in [3.8, 4) is 12.3 Å². The Morgan fingerprint density at radius 3 is 2.55 bits per heavy atom. The number of hydrogen-bond acceptors (Lipinski definition) is 2. The molecule has 2 nitrogen and oxygen atoms in total. The standard InChI is InChI=1S/C9H18N2/c1-3-4-5-8-11(2)9-6-7-10/h1H,4-10H2,2H3. The van der Waals surface area contributed by atoms with Crippen LogP contribution in [0.25, 0.3) is 0 Å². The quantitative estimate of drug-likeness (QED) is 0.450. The molecule has 0 aliphatic carbocycles. The second-order valence-electron chi connectivity index (χ2n) is 2.75. The van der Waals surface area contributed by atoms with E-state index in [4.69, 9.17) is 12.2 Å². The lowest BCUT2D eigenvalue weighted by Gasteiger charge is -2.14. The maximum Gasteiger partial charge on any atom is 0.00982 e. The zero-order chi connectivity index (χ0) is 8.53. The molecule has 0 unspecified atom stereocenters. The molecule has 0 aliphatic rings. The first-order valence-corrected chi connectivity index (χ1v) is 4.13. The summed E-state index contributed by atoms with van der Waals surface area (Å²) in [7, 11) is 2.10.